The SMILES string of the molecule is CCCSc1nc2c(c(=O)[nH]1)C(c1ccccc1C#N)CC(=O)N2. The first-order valence-electron chi connectivity index (χ1n) is 7.70. The lowest BCUT2D eigenvalue weighted by atomic mass is 9.84. The van der Waals surface area contributed by atoms with Crippen LogP contribution in [0, 0.1) is 11.3 Å². The number of hydrogen-bond donors (Lipinski definition) is 2. The number of carbonyl (C=O) groups excluding carboxylic acids is 1. The van der Waals surface area contributed by atoms with E-state index in [0.29, 0.717) is 27.7 Å². The summed E-state index contributed by atoms with van der Waals surface area (Å²) < 4.78 is 0. The molecule has 1 amide bonds. The van der Waals surface area contributed by atoms with Crippen molar-refractivity contribution < 1.29 is 4.79 Å². The second kappa shape index (κ2) is 6.89. The van der Waals surface area contributed by atoms with Crippen molar-refractivity contribution in [2.45, 2.75) is 30.8 Å². The first kappa shape index (κ1) is 16.3. The van der Waals surface area contributed by atoms with E-state index in [1.54, 1.807) is 24.3 Å². The number of nitrogens with one attached hydrogen (secondary N) is 2. The zero-order valence-electron chi connectivity index (χ0n) is 13.1. The first-order chi connectivity index (χ1) is 11.6. The average Bonchev–Trinajstić information content (AvgIpc) is 2.58. The fourth-order valence-electron chi connectivity index (χ4n) is 2.79. The molecular formula is C17H16N4O2S. The summed E-state index contributed by atoms with van der Waals surface area (Å²) in [6, 6.07) is 9.16. The van der Waals surface area contributed by atoms with Crippen LogP contribution in [0.15, 0.2) is 34.2 Å². The average molecular weight is 340 g/mol. The number of amides is 1. The van der Waals surface area contributed by atoms with Gasteiger partial charge in [0.15, 0.2) is 5.16 Å². The second-order valence-corrected chi connectivity index (χ2v) is 6.57. The van der Waals surface area contributed by atoms with Crippen LogP contribution < -0.4 is 10.9 Å². The van der Waals surface area contributed by atoms with Gasteiger partial charge in [-0.1, -0.05) is 36.9 Å². The summed E-state index contributed by atoms with van der Waals surface area (Å²) in [5.74, 6) is 0.457. The van der Waals surface area contributed by atoms with Crippen LogP contribution in [0.4, 0.5) is 5.82 Å². The number of nitriles is 1. The predicted molar refractivity (Wildman–Crippen MR) is 92.1 cm³/mol. The third-order valence-electron chi connectivity index (χ3n) is 3.83. The highest BCUT2D eigenvalue weighted by Crippen LogP contribution is 2.35. The number of aromatic amines is 1. The van der Waals surface area contributed by atoms with Crippen LogP contribution in [0.5, 0.6) is 0 Å². The number of hydrogen-bond acceptors (Lipinski definition) is 5. The van der Waals surface area contributed by atoms with Gasteiger partial charge in [0.25, 0.3) is 5.56 Å². The number of aromatic nitrogens is 2. The van der Waals surface area contributed by atoms with Gasteiger partial charge in [-0.2, -0.15) is 5.26 Å². The molecule has 2 N–H and O–H groups in total. The highest BCUT2D eigenvalue weighted by Gasteiger charge is 2.32. The zero-order valence-corrected chi connectivity index (χ0v) is 13.9. The van der Waals surface area contributed by atoms with E-state index < -0.39 is 5.92 Å². The third-order valence-corrected chi connectivity index (χ3v) is 4.91. The minimum Gasteiger partial charge on any atom is -0.310 e. The summed E-state index contributed by atoms with van der Waals surface area (Å²) in [7, 11) is 0. The molecule has 122 valence electrons. The van der Waals surface area contributed by atoms with Crippen molar-refractivity contribution in [3.8, 4) is 6.07 Å². The molecule has 7 heteroatoms. The van der Waals surface area contributed by atoms with E-state index in [1.807, 2.05) is 6.92 Å². The minimum absolute atomic E-state index is 0.123. The molecule has 0 bridgehead atoms. The smallest absolute Gasteiger partial charge is 0.257 e. The fourth-order valence-corrected chi connectivity index (χ4v) is 3.50. The Kier molecular flexibility index (Phi) is 4.67. The Labute approximate surface area is 143 Å². The molecule has 1 aliphatic heterocycles. The van der Waals surface area contributed by atoms with Crippen molar-refractivity contribution in [1.29, 1.82) is 5.26 Å². The third kappa shape index (κ3) is 3.05. The molecule has 2 aromatic rings. The number of carbonyl (C=O) groups is 1. The summed E-state index contributed by atoms with van der Waals surface area (Å²) in [4.78, 5) is 31.9. The lowest BCUT2D eigenvalue weighted by Gasteiger charge is -2.25. The maximum absolute atomic E-state index is 12.6. The summed E-state index contributed by atoms with van der Waals surface area (Å²) in [5, 5.41) is 12.5. The number of anilines is 1. The van der Waals surface area contributed by atoms with Crippen LogP contribution in [0.2, 0.25) is 0 Å². The Balaban J connectivity index is 2.12. The van der Waals surface area contributed by atoms with Crippen LogP contribution in [0.1, 0.15) is 42.4 Å². The van der Waals surface area contributed by atoms with Gasteiger partial charge in [-0.3, -0.25) is 9.59 Å². The summed E-state index contributed by atoms with van der Waals surface area (Å²) in [5.41, 5.74) is 1.29. The molecule has 0 aliphatic carbocycles. The van der Waals surface area contributed by atoms with Gasteiger partial charge >= 0.3 is 0 Å². The summed E-state index contributed by atoms with van der Waals surface area (Å²) >= 11 is 1.44. The van der Waals surface area contributed by atoms with Gasteiger partial charge < -0.3 is 10.3 Å². The molecule has 3 rings (SSSR count). The monoisotopic (exact) mass is 340 g/mol. The lowest BCUT2D eigenvalue weighted by molar-refractivity contribution is -0.116. The Hall–Kier alpha value is -2.59. The van der Waals surface area contributed by atoms with E-state index in [4.69, 9.17) is 0 Å². The number of benzene rings is 1. The maximum Gasteiger partial charge on any atom is 0.257 e. The second-order valence-electron chi connectivity index (χ2n) is 5.49. The lowest BCUT2D eigenvalue weighted by Crippen LogP contribution is -2.31. The van der Waals surface area contributed by atoms with E-state index in [1.165, 1.54) is 11.8 Å². The highest BCUT2D eigenvalue weighted by molar-refractivity contribution is 7.99. The van der Waals surface area contributed by atoms with Crippen molar-refractivity contribution in [2.24, 2.45) is 0 Å². The van der Waals surface area contributed by atoms with E-state index in [-0.39, 0.29) is 17.9 Å². The van der Waals surface area contributed by atoms with E-state index in [0.717, 1.165) is 12.2 Å². The van der Waals surface area contributed by atoms with Gasteiger partial charge in [0.2, 0.25) is 5.91 Å². The molecule has 0 radical (unpaired) electrons. The van der Waals surface area contributed by atoms with E-state index in [9.17, 15) is 14.9 Å². The van der Waals surface area contributed by atoms with Crippen molar-refractivity contribution >= 4 is 23.5 Å². The molecule has 2 heterocycles. The maximum atomic E-state index is 12.6. The largest absolute Gasteiger partial charge is 0.310 e. The minimum atomic E-state index is -0.467. The van der Waals surface area contributed by atoms with Crippen LogP contribution in [-0.2, 0) is 4.79 Å². The van der Waals surface area contributed by atoms with Gasteiger partial charge in [-0.15, -0.1) is 0 Å². The van der Waals surface area contributed by atoms with Gasteiger partial charge in [0.05, 0.1) is 17.2 Å². The van der Waals surface area contributed by atoms with Crippen molar-refractivity contribution in [1.82, 2.24) is 9.97 Å². The van der Waals surface area contributed by atoms with Crippen molar-refractivity contribution in [3.63, 3.8) is 0 Å². The molecular weight excluding hydrogens is 324 g/mol. The zero-order chi connectivity index (χ0) is 17.1. The van der Waals surface area contributed by atoms with Crippen molar-refractivity contribution in [3.05, 3.63) is 51.3 Å². The topological polar surface area (TPSA) is 98.6 Å². The number of H-pyrrole nitrogens is 1. The van der Waals surface area contributed by atoms with Crippen LogP contribution in [0.25, 0.3) is 0 Å². The van der Waals surface area contributed by atoms with E-state index in [2.05, 4.69) is 21.4 Å². The molecule has 0 saturated heterocycles. The molecule has 6 nitrogen and oxygen atoms in total. The Morgan fingerprint density at radius 3 is 2.92 bits per heavy atom. The molecule has 1 atom stereocenters. The summed E-state index contributed by atoms with van der Waals surface area (Å²) in [6.07, 6.45) is 1.08. The fraction of sp³-hybridized carbons (Fsp3) is 0.294. The Morgan fingerprint density at radius 2 is 2.17 bits per heavy atom. The quantitative estimate of drug-likeness (QED) is 0.658. The van der Waals surface area contributed by atoms with Crippen LogP contribution >= 0.6 is 11.8 Å². The number of nitrogens with zero attached hydrogens (tertiary/aromatic N) is 2. The van der Waals surface area contributed by atoms with Crippen molar-refractivity contribution in [2.75, 3.05) is 11.1 Å². The molecule has 0 saturated carbocycles. The van der Waals surface area contributed by atoms with Crippen LogP contribution in [-0.4, -0.2) is 21.6 Å². The van der Waals surface area contributed by atoms with Gasteiger partial charge in [-0.05, 0) is 18.1 Å². The molecule has 1 unspecified atom stereocenters. The number of thioether (sulfide) groups is 1. The standard InChI is InChI=1S/C17H16N4O2S/c1-2-7-24-17-20-15-14(16(23)21-17)12(8-13(22)19-15)11-6-4-3-5-10(11)9-18/h3-6,12H,2,7-8H2,1H3,(H2,19,20,21,22,23). The molecule has 1 aliphatic rings. The Bertz CT molecular complexity index is 885. The van der Waals surface area contributed by atoms with Crippen LogP contribution in [0.3, 0.4) is 0 Å². The normalized spacial score (nSPS) is 16.2. The number of rotatable bonds is 4. The summed E-state index contributed by atoms with van der Waals surface area (Å²) in [6.45, 7) is 2.04. The first-order valence-corrected chi connectivity index (χ1v) is 8.68. The van der Waals surface area contributed by atoms with Gasteiger partial charge in [0, 0.05) is 18.1 Å². The molecule has 0 spiro atoms. The highest BCUT2D eigenvalue weighted by atomic mass is 32.2. The Morgan fingerprint density at radius 1 is 1.38 bits per heavy atom. The predicted octanol–water partition coefficient (Wildman–Crippen LogP) is 2.62. The van der Waals surface area contributed by atoms with E-state index >= 15 is 0 Å². The van der Waals surface area contributed by atoms with Gasteiger partial charge in [0.1, 0.15) is 5.82 Å². The van der Waals surface area contributed by atoms with Gasteiger partial charge in [-0.25, -0.2) is 4.98 Å². The number of fused-ring (bicyclic) bond motifs is 1. The molecule has 24 heavy (non-hydrogen) atoms. The molecule has 1 aromatic heterocycles. The molecule has 0 fully saturated rings. The molecule has 1 aromatic carbocycles.